The SMILES string of the molecule is CCCc1nn(-c2ccc(Cl)nn2)c(Cl)c1C=O. The number of hydrogen-bond acceptors (Lipinski definition) is 4. The molecule has 0 aliphatic rings. The van der Waals surface area contributed by atoms with E-state index in [0.29, 0.717) is 29.8 Å². The van der Waals surface area contributed by atoms with Crippen LogP contribution in [0.25, 0.3) is 5.82 Å². The lowest BCUT2D eigenvalue weighted by Gasteiger charge is -2.00. The van der Waals surface area contributed by atoms with E-state index in [4.69, 9.17) is 23.2 Å². The molecule has 0 aliphatic carbocycles. The van der Waals surface area contributed by atoms with Gasteiger partial charge in [-0.15, -0.1) is 10.2 Å². The quantitative estimate of drug-likeness (QED) is 0.810. The lowest BCUT2D eigenvalue weighted by atomic mass is 10.2. The second kappa shape index (κ2) is 5.46. The molecule has 0 saturated carbocycles. The van der Waals surface area contributed by atoms with Crippen LogP contribution < -0.4 is 0 Å². The molecule has 0 fully saturated rings. The molecule has 0 N–H and O–H groups in total. The van der Waals surface area contributed by atoms with Crippen LogP contribution in [0.4, 0.5) is 0 Å². The number of carbonyl (C=O) groups is 1. The molecule has 0 atom stereocenters. The van der Waals surface area contributed by atoms with Gasteiger partial charge in [-0.1, -0.05) is 36.5 Å². The molecule has 0 aliphatic heterocycles. The van der Waals surface area contributed by atoms with E-state index < -0.39 is 0 Å². The standard InChI is InChI=1S/C11H10Cl2N4O/c1-2-3-8-7(6-18)11(13)17(16-8)10-5-4-9(12)14-15-10/h4-6H,2-3H2,1H3. The van der Waals surface area contributed by atoms with Crippen molar-refractivity contribution in [2.75, 3.05) is 0 Å². The van der Waals surface area contributed by atoms with Crippen LogP contribution in [0.15, 0.2) is 12.1 Å². The van der Waals surface area contributed by atoms with Gasteiger partial charge in [0, 0.05) is 0 Å². The lowest BCUT2D eigenvalue weighted by molar-refractivity contribution is 0.112. The predicted octanol–water partition coefficient (Wildman–Crippen LogP) is 2.73. The van der Waals surface area contributed by atoms with Crippen molar-refractivity contribution >= 4 is 29.5 Å². The first kappa shape index (κ1) is 13.0. The van der Waals surface area contributed by atoms with Crippen LogP contribution in [-0.4, -0.2) is 26.3 Å². The zero-order valence-corrected chi connectivity index (χ0v) is 11.1. The normalized spacial score (nSPS) is 10.6. The van der Waals surface area contributed by atoms with Gasteiger partial charge in [-0.05, 0) is 18.6 Å². The molecule has 2 rings (SSSR count). The van der Waals surface area contributed by atoms with Crippen molar-refractivity contribution in [3.05, 3.63) is 33.7 Å². The van der Waals surface area contributed by atoms with Crippen molar-refractivity contribution < 1.29 is 4.79 Å². The van der Waals surface area contributed by atoms with E-state index in [0.717, 1.165) is 6.42 Å². The van der Waals surface area contributed by atoms with Crippen molar-refractivity contribution in [3.63, 3.8) is 0 Å². The summed E-state index contributed by atoms with van der Waals surface area (Å²) in [5.41, 5.74) is 1.06. The fraction of sp³-hybridized carbons (Fsp3) is 0.273. The van der Waals surface area contributed by atoms with Gasteiger partial charge in [-0.25, -0.2) is 4.68 Å². The highest BCUT2D eigenvalue weighted by atomic mass is 35.5. The molecule has 5 nitrogen and oxygen atoms in total. The summed E-state index contributed by atoms with van der Waals surface area (Å²) in [5.74, 6) is 0.426. The highest BCUT2D eigenvalue weighted by Gasteiger charge is 2.17. The Balaban J connectivity index is 2.51. The smallest absolute Gasteiger partial charge is 0.177 e. The maximum atomic E-state index is 11.0. The van der Waals surface area contributed by atoms with Crippen LogP contribution in [0.1, 0.15) is 29.4 Å². The van der Waals surface area contributed by atoms with E-state index in [9.17, 15) is 4.79 Å². The van der Waals surface area contributed by atoms with Crippen LogP contribution >= 0.6 is 23.2 Å². The molecule has 0 unspecified atom stereocenters. The Hall–Kier alpha value is -1.46. The third-order valence-corrected chi connectivity index (χ3v) is 2.94. The van der Waals surface area contributed by atoms with Gasteiger partial charge >= 0.3 is 0 Å². The first-order chi connectivity index (χ1) is 8.67. The second-order valence-electron chi connectivity index (χ2n) is 3.65. The molecule has 0 spiro atoms. The summed E-state index contributed by atoms with van der Waals surface area (Å²) in [7, 11) is 0. The Kier molecular flexibility index (Phi) is 3.93. The molecular formula is C11H10Cl2N4O. The number of carbonyl (C=O) groups excluding carboxylic acids is 1. The van der Waals surface area contributed by atoms with Crippen molar-refractivity contribution in [1.82, 2.24) is 20.0 Å². The molecule has 7 heteroatoms. The lowest BCUT2D eigenvalue weighted by Crippen LogP contribution is -2.01. The fourth-order valence-electron chi connectivity index (χ4n) is 1.56. The van der Waals surface area contributed by atoms with E-state index in [1.54, 1.807) is 12.1 Å². The Morgan fingerprint density at radius 1 is 1.33 bits per heavy atom. The summed E-state index contributed by atoms with van der Waals surface area (Å²) >= 11 is 11.8. The summed E-state index contributed by atoms with van der Waals surface area (Å²) in [6.07, 6.45) is 2.27. The third-order valence-electron chi connectivity index (χ3n) is 2.38. The Labute approximate surface area is 114 Å². The summed E-state index contributed by atoms with van der Waals surface area (Å²) in [4.78, 5) is 11.0. The van der Waals surface area contributed by atoms with Crippen molar-refractivity contribution in [2.45, 2.75) is 19.8 Å². The van der Waals surface area contributed by atoms with Crippen molar-refractivity contribution in [2.24, 2.45) is 0 Å². The predicted molar refractivity (Wildman–Crippen MR) is 68.6 cm³/mol. The minimum Gasteiger partial charge on any atom is -0.298 e. The van der Waals surface area contributed by atoms with Gasteiger partial charge in [0.1, 0.15) is 5.15 Å². The van der Waals surface area contributed by atoms with E-state index in [1.807, 2.05) is 6.92 Å². The van der Waals surface area contributed by atoms with Gasteiger partial charge < -0.3 is 0 Å². The minimum absolute atomic E-state index is 0.241. The topological polar surface area (TPSA) is 60.7 Å². The summed E-state index contributed by atoms with van der Waals surface area (Å²) in [5, 5.41) is 12.4. The Bertz CT molecular complexity index is 565. The number of hydrogen-bond donors (Lipinski definition) is 0. The molecule has 0 saturated heterocycles. The molecule has 94 valence electrons. The van der Waals surface area contributed by atoms with Gasteiger partial charge in [-0.3, -0.25) is 4.79 Å². The van der Waals surface area contributed by atoms with E-state index in [2.05, 4.69) is 15.3 Å². The number of halogens is 2. The molecule has 0 radical (unpaired) electrons. The van der Waals surface area contributed by atoms with Gasteiger partial charge in [0.2, 0.25) is 0 Å². The molecule has 0 amide bonds. The highest BCUT2D eigenvalue weighted by molar-refractivity contribution is 6.32. The highest BCUT2D eigenvalue weighted by Crippen LogP contribution is 2.22. The van der Waals surface area contributed by atoms with Crippen LogP contribution in [0.2, 0.25) is 10.3 Å². The van der Waals surface area contributed by atoms with Crippen LogP contribution in [-0.2, 0) is 6.42 Å². The van der Waals surface area contributed by atoms with Crippen LogP contribution in [0, 0.1) is 0 Å². The van der Waals surface area contributed by atoms with Gasteiger partial charge in [0.05, 0.1) is 11.3 Å². The minimum atomic E-state index is 0.241. The van der Waals surface area contributed by atoms with Crippen LogP contribution in [0.3, 0.4) is 0 Å². The summed E-state index contributed by atoms with van der Waals surface area (Å²) < 4.78 is 1.39. The average molecular weight is 285 g/mol. The van der Waals surface area contributed by atoms with Crippen LogP contribution in [0.5, 0.6) is 0 Å². The first-order valence-corrected chi connectivity index (χ1v) is 6.15. The Morgan fingerprint density at radius 2 is 2.11 bits per heavy atom. The zero-order chi connectivity index (χ0) is 13.1. The number of aldehydes is 1. The molecule has 18 heavy (non-hydrogen) atoms. The molecule has 2 aromatic heterocycles. The van der Waals surface area contributed by atoms with Gasteiger partial charge in [0.25, 0.3) is 0 Å². The monoisotopic (exact) mass is 284 g/mol. The number of aryl methyl sites for hydroxylation is 1. The van der Waals surface area contributed by atoms with E-state index in [1.165, 1.54) is 4.68 Å². The van der Waals surface area contributed by atoms with E-state index >= 15 is 0 Å². The fourth-order valence-corrected chi connectivity index (χ4v) is 1.94. The molecule has 2 aromatic rings. The summed E-state index contributed by atoms with van der Waals surface area (Å²) in [6, 6.07) is 3.22. The second-order valence-corrected chi connectivity index (χ2v) is 4.39. The zero-order valence-electron chi connectivity index (χ0n) is 9.60. The maximum absolute atomic E-state index is 11.0. The number of rotatable bonds is 4. The van der Waals surface area contributed by atoms with Crippen molar-refractivity contribution in [3.8, 4) is 5.82 Å². The third kappa shape index (κ3) is 2.37. The van der Waals surface area contributed by atoms with Gasteiger partial charge in [0.15, 0.2) is 17.3 Å². The van der Waals surface area contributed by atoms with E-state index in [-0.39, 0.29) is 10.3 Å². The number of nitrogens with zero attached hydrogens (tertiary/aromatic N) is 4. The molecule has 0 aromatic carbocycles. The van der Waals surface area contributed by atoms with Crippen molar-refractivity contribution in [1.29, 1.82) is 0 Å². The summed E-state index contributed by atoms with van der Waals surface area (Å²) in [6.45, 7) is 2.00. The first-order valence-electron chi connectivity index (χ1n) is 5.39. The average Bonchev–Trinajstić information content (AvgIpc) is 2.67. The molecule has 0 bridgehead atoms. The number of aromatic nitrogens is 4. The Morgan fingerprint density at radius 3 is 2.67 bits per heavy atom. The maximum Gasteiger partial charge on any atom is 0.177 e. The van der Waals surface area contributed by atoms with Gasteiger partial charge in [-0.2, -0.15) is 5.10 Å². The molecular weight excluding hydrogens is 275 g/mol. The largest absolute Gasteiger partial charge is 0.298 e. The molecule has 2 heterocycles.